The Morgan fingerprint density at radius 2 is 1.44 bits per heavy atom. The molecule has 1 aromatic carbocycles. The number of nitrogen functional groups attached to an aromatic ring is 2. The van der Waals surface area contributed by atoms with Gasteiger partial charge in [-0.25, -0.2) is 0 Å². The van der Waals surface area contributed by atoms with Gasteiger partial charge in [-0.1, -0.05) is 45.6 Å². The molecule has 1 aromatic rings. The van der Waals surface area contributed by atoms with E-state index in [4.69, 9.17) is 11.5 Å². The van der Waals surface area contributed by atoms with Gasteiger partial charge in [0.2, 0.25) is 0 Å². The first-order chi connectivity index (χ1) is 8.70. The van der Waals surface area contributed by atoms with Gasteiger partial charge < -0.3 is 11.5 Å². The second-order valence-corrected chi connectivity index (χ2v) is 5.12. The van der Waals surface area contributed by atoms with Gasteiger partial charge in [-0.3, -0.25) is 0 Å². The fourth-order valence-electron chi connectivity index (χ4n) is 2.34. The molecule has 0 atom stereocenters. The summed E-state index contributed by atoms with van der Waals surface area (Å²) >= 11 is 0. The van der Waals surface area contributed by atoms with E-state index in [0.717, 1.165) is 24.2 Å². The van der Waals surface area contributed by atoms with Gasteiger partial charge in [-0.2, -0.15) is 0 Å². The summed E-state index contributed by atoms with van der Waals surface area (Å²) in [6.07, 6.45) is 9.51. The van der Waals surface area contributed by atoms with E-state index in [0.29, 0.717) is 0 Å². The van der Waals surface area contributed by atoms with Crippen LogP contribution in [0.4, 0.5) is 11.4 Å². The third-order valence-corrected chi connectivity index (χ3v) is 3.56. The van der Waals surface area contributed by atoms with Crippen molar-refractivity contribution in [1.29, 1.82) is 0 Å². The van der Waals surface area contributed by atoms with E-state index in [2.05, 4.69) is 19.9 Å². The smallest absolute Gasteiger partial charge is 0.0399 e. The van der Waals surface area contributed by atoms with Crippen LogP contribution < -0.4 is 11.5 Å². The first-order valence-electron chi connectivity index (χ1n) is 7.36. The normalized spacial score (nSPS) is 10.8. The highest BCUT2D eigenvalue weighted by molar-refractivity contribution is 5.65. The highest BCUT2D eigenvalue weighted by Crippen LogP contribution is 2.27. The van der Waals surface area contributed by atoms with E-state index in [9.17, 15) is 0 Å². The average molecular weight is 248 g/mol. The van der Waals surface area contributed by atoms with E-state index in [1.54, 1.807) is 0 Å². The largest absolute Gasteiger partial charge is 0.398 e. The van der Waals surface area contributed by atoms with Crippen molar-refractivity contribution >= 4 is 11.4 Å². The molecule has 0 aliphatic rings. The Morgan fingerprint density at radius 1 is 0.833 bits per heavy atom. The van der Waals surface area contributed by atoms with Crippen molar-refractivity contribution in [1.82, 2.24) is 0 Å². The molecule has 0 aliphatic carbocycles. The zero-order valence-electron chi connectivity index (χ0n) is 12.0. The molecule has 0 amide bonds. The minimum absolute atomic E-state index is 0.864. The fraction of sp³-hybridized carbons (Fsp3) is 0.625. The summed E-state index contributed by atoms with van der Waals surface area (Å²) < 4.78 is 0. The molecule has 0 aromatic heterocycles. The molecule has 0 spiro atoms. The van der Waals surface area contributed by atoms with Gasteiger partial charge in [0.25, 0.3) is 0 Å². The third kappa shape index (κ3) is 4.25. The third-order valence-electron chi connectivity index (χ3n) is 3.56. The standard InChI is InChI=1S/C16H28N2/c1-3-5-7-9-13-11-12-15(17)14(16(13)18)10-8-6-4-2/h11-12H,3-10,17-18H2,1-2H3. The SMILES string of the molecule is CCCCCc1ccc(N)c(CCCCC)c1N. The molecule has 2 nitrogen and oxygen atoms in total. The van der Waals surface area contributed by atoms with Gasteiger partial charge in [0, 0.05) is 11.4 Å². The fourth-order valence-corrected chi connectivity index (χ4v) is 2.34. The van der Waals surface area contributed by atoms with Crippen LogP contribution in [0, 0.1) is 0 Å². The number of hydrogen-bond acceptors (Lipinski definition) is 2. The topological polar surface area (TPSA) is 52.0 Å². The summed E-state index contributed by atoms with van der Waals surface area (Å²) in [6.45, 7) is 4.44. The van der Waals surface area contributed by atoms with Crippen LogP contribution in [0.3, 0.4) is 0 Å². The summed E-state index contributed by atoms with van der Waals surface area (Å²) in [5.74, 6) is 0. The molecule has 0 heterocycles. The van der Waals surface area contributed by atoms with E-state index in [-0.39, 0.29) is 0 Å². The summed E-state index contributed by atoms with van der Waals surface area (Å²) in [5, 5.41) is 0. The van der Waals surface area contributed by atoms with Gasteiger partial charge in [0.15, 0.2) is 0 Å². The predicted octanol–water partition coefficient (Wildman–Crippen LogP) is 4.32. The monoisotopic (exact) mass is 248 g/mol. The van der Waals surface area contributed by atoms with Crippen molar-refractivity contribution in [2.45, 2.75) is 65.2 Å². The van der Waals surface area contributed by atoms with Crippen LogP contribution in [0.15, 0.2) is 12.1 Å². The lowest BCUT2D eigenvalue weighted by Crippen LogP contribution is -2.04. The number of anilines is 2. The van der Waals surface area contributed by atoms with E-state index < -0.39 is 0 Å². The molecule has 0 unspecified atom stereocenters. The van der Waals surface area contributed by atoms with Gasteiger partial charge >= 0.3 is 0 Å². The van der Waals surface area contributed by atoms with Crippen molar-refractivity contribution < 1.29 is 0 Å². The van der Waals surface area contributed by atoms with Crippen molar-refractivity contribution in [3.63, 3.8) is 0 Å². The van der Waals surface area contributed by atoms with Crippen molar-refractivity contribution in [2.75, 3.05) is 11.5 Å². The number of unbranched alkanes of at least 4 members (excludes halogenated alkanes) is 4. The molecule has 0 aliphatic heterocycles. The highest BCUT2D eigenvalue weighted by Gasteiger charge is 2.08. The minimum Gasteiger partial charge on any atom is -0.398 e. The Labute approximate surface area is 112 Å². The van der Waals surface area contributed by atoms with E-state index in [1.807, 2.05) is 6.07 Å². The summed E-state index contributed by atoms with van der Waals surface area (Å²) in [4.78, 5) is 0. The van der Waals surface area contributed by atoms with Crippen molar-refractivity contribution in [3.05, 3.63) is 23.3 Å². The Morgan fingerprint density at radius 3 is 2.06 bits per heavy atom. The second kappa shape index (κ2) is 8.02. The van der Waals surface area contributed by atoms with Crippen LogP contribution >= 0.6 is 0 Å². The molecule has 18 heavy (non-hydrogen) atoms. The number of hydrogen-bond donors (Lipinski definition) is 2. The molecule has 102 valence electrons. The molecule has 0 bridgehead atoms. The number of rotatable bonds is 8. The van der Waals surface area contributed by atoms with Gasteiger partial charge in [0.05, 0.1) is 0 Å². The number of aryl methyl sites for hydroxylation is 1. The van der Waals surface area contributed by atoms with Crippen molar-refractivity contribution in [3.8, 4) is 0 Å². The molecule has 4 N–H and O–H groups in total. The molecular weight excluding hydrogens is 220 g/mol. The molecule has 0 fully saturated rings. The van der Waals surface area contributed by atoms with Crippen molar-refractivity contribution in [2.24, 2.45) is 0 Å². The lowest BCUT2D eigenvalue weighted by atomic mass is 9.97. The first-order valence-corrected chi connectivity index (χ1v) is 7.36. The van der Waals surface area contributed by atoms with E-state index >= 15 is 0 Å². The zero-order chi connectivity index (χ0) is 13.4. The maximum absolute atomic E-state index is 6.27. The Kier molecular flexibility index (Phi) is 6.63. The van der Waals surface area contributed by atoms with Crippen LogP contribution in [0.25, 0.3) is 0 Å². The first kappa shape index (κ1) is 14.9. The molecule has 2 heteroatoms. The highest BCUT2D eigenvalue weighted by atomic mass is 14.6. The van der Waals surface area contributed by atoms with Gasteiger partial charge in [0.1, 0.15) is 0 Å². The molecule has 0 saturated heterocycles. The number of nitrogens with two attached hydrogens (primary N) is 2. The molecule has 0 saturated carbocycles. The summed E-state index contributed by atoms with van der Waals surface area (Å²) in [6, 6.07) is 4.13. The number of benzene rings is 1. The lowest BCUT2D eigenvalue weighted by Gasteiger charge is -2.13. The predicted molar refractivity (Wildman–Crippen MR) is 81.7 cm³/mol. The Hall–Kier alpha value is -1.18. The maximum Gasteiger partial charge on any atom is 0.0399 e. The van der Waals surface area contributed by atoms with Gasteiger partial charge in [-0.05, 0) is 42.9 Å². The van der Waals surface area contributed by atoms with Crippen LogP contribution in [0.1, 0.15) is 63.5 Å². The minimum atomic E-state index is 0.864. The van der Waals surface area contributed by atoms with Crippen LogP contribution in [-0.2, 0) is 12.8 Å². The molecular formula is C16H28N2. The van der Waals surface area contributed by atoms with E-state index in [1.165, 1.54) is 49.7 Å². The zero-order valence-corrected chi connectivity index (χ0v) is 12.0. The lowest BCUT2D eigenvalue weighted by molar-refractivity contribution is 0.711. The Bertz CT molecular complexity index is 358. The Balaban J connectivity index is 2.72. The maximum atomic E-state index is 6.27. The summed E-state index contributed by atoms with van der Waals surface area (Å²) in [5.41, 5.74) is 16.6. The summed E-state index contributed by atoms with van der Waals surface area (Å²) in [7, 11) is 0. The van der Waals surface area contributed by atoms with Crippen LogP contribution in [-0.4, -0.2) is 0 Å². The average Bonchev–Trinajstić information content (AvgIpc) is 2.36. The van der Waals surface area contributed by atoms with Crippen LogP contribution in [0.5, 0.6) is 0 Å². The quantitative estimate of drug-likeness (QED) is 0.532. The second-order valence-electron chi connectivity index (χ2n) is 5.12. The molecule has 1 rings (SSSR count). The molecule has 0 radical (unpaired) electrons. The van der Waals surface area contributed by atoms with Crippen LogP contribution in [0.2, 0.25) is 0 Å². The van der Waals surface area contributed by atoms with Gasteiger partial charge in [-0.15, -0.1) is 0 Å².